The number of pyridine rings is 1. The molecule has 4 aliphatic rings. The van der Waals surface area contributed by atoms with Crippen molar-refractivity contribution in [2.75, 3.05) is 0 Å². The standard InChI is InChI=1S/C20H23N/c1-12-6-19(21-18-5-3-2-4-17(12)18)20-15-8-13-7-14(10-15)11-16(20)9-13/h2-6,13-16,20H,7-11H2,1H3. The molecule has 2 aromatic rings. The van der Waals surface area contributed by atoms with E-state index < -0.39 is 0 Å². The van der Waals surface area contributed by atoms with Gasteiger partial charge in [0.2, 0.25) is 0 Å². The maximum Gasteiger partial charge on any atom is 0.0708 e. The van der Waals surface area contributed by atoms with Crippen LogP contribution in [0.3, 0.4) is 0 Å². The van der Waals surface area contributed by atoms with Crippen molar-refractivity contribution in [3.05, 3.63) is 41.6 Å². The topological polar surface area (TPSA) is 12.9 Å². The first-order chi connectivity index (χ1) is 10.3. The Morgan fingerprint density at radius 3 is 2.29 bits per heavy atom. The fourth-order valence-electron chi connectivity index (χ4n) is 5.95. The zero-order valence-corrected chi connectivity index (χ0v) is 12.8. The van der Waals surface area contributed by atoms with Crippen LogP contribution >= 0.6 is 0 Å². The van der Waals surface area contributed by atoms with Gasteiger partial charge in [0.1, 0.15) is 0 Å². The highest BCUT2D eigenvalue weighted by molar-refractivity contribution is 5.82. The van der Waals surface area contributed by atoms with Crippen molar-refractivity contribution >= 4 is 10.9 Å². The lowest BCUT2D eigenvalue weighted by molar-refractivity contribution is -0.00406. The summed E-state index contributed by atoms with van der Waals surface area (Å²) in [6.07, 6.45) is 7.44. The average molecular weight is 277 g/mol. The molecule has 6 rings (SSSR count). The molecule has 0 aliphatic heterocycles. The molecule has 0 atom stereocenters. The Morgan fingerprint density at radius 2 is 1.57 bits per heavy atom. The third-order valence-electron chi connectivity index (χ3n) is 6.51. The van der Waals surface area contributed by atoms with Crippen molar-refractivity contribution < 1.29 is 0 Å². The minimum atomic E-state index is 0.751. The van der Waals surface area contributed by atoms with E-state index in [-0.39, 0.29) is 0 Å². The number of nitrogens with zero attached hydrogens (tertiary/aromatic N) is 1. The number of hydrogen-bond donors (Lipinski definition) is 0. The Balaban J connectivity index is 1.61. The third kappa shape index (κ3) is 1.79. The number of benzene rings is 1. The normalized spacial score (nSPS) is 37.3. The molecule has 0 saturated heterocycles. The molecule has 1 heterocycles. The number of fused-ring (bicyclic) bond motifs is 1. The van der Waals surface area contributed by atoms with Crippen LogP contribution in [0.1, 0.15) is 49.3 Å². The fraction of sp³-hybridized carbons (Fsp3) is 0.550. The monoisotopic (exact) mass is 277 g/mol. The van der Waals surface area contributed by atoms with Crippen molar-refractivity contribution in [1.29, 1.82) is 0 Å². The predicted octanol–water partition coefficient (Wildman–Crippen LogP) is 5.08. The third-order valence-corrected chi connectivity index (χ3v) is 6.51. The Bertz CT molecular complexity index is 674. The van der Waals surface area contributed by atoms with Gasteiger partial charge in [0.15, 0.2) is 0 Å². The zero-order valence-electron chi connectivity index (χ0n) is 12.8. The van der Waals surface area contributed by atoms with Crippen molar-refractivity contribution in [1.82, 2.24) is 4.98 Å². The van der Waals surface area contributed by atoms with Crippen molar-refractivity contribution in [3.8, 4) is 0 Å². The van der Waals surface area contributed by atoms with Gasteiger partial charge in [-0.25, -0.2) is 0 Å². The Kier molecular flexibility index (Phi) is 2.51. The molecule has 1 aromatic carbocycles. The van der Waals surface area contributed by atoms with Gasteiger partial charge in [-0.2, -0.15) is 0 Å². The van der Waals surface area contributed by atoms with Gasteiger partial charge in [-0.05, 0) is 80.4 Å². The van der Waals surface area contributed by atoms with Gasteiger partial charge in [-0.3, -0.25) is 4.98 Å². The molecule has 0 spiro atoms. The molecular weight excluding hydrogens is 254 g/mol. The van der Waals surface area contributed by atoms with Gasteiger partial charge < -0.3 is 0 Å². The van der Waals surface area contributed by atoms with Crippen LogP contribution in [0, 0.1) is 30.6 Å². The Labute approximate surface area is 126 Å². The molecule has 0 amide bonds. The first kappa shape index (κ1) is 12.2. The fourth-order valence-corrected chi connectivity index (χ4v) is 5.95. The largest absolute Gasteiger partial charge is 0.253 e. The van der Waals surface area contributed by atoms with Crippen LogP contribution in [-0.4, -0.2) is 4.98 Å². The maximum atomic E-state index is 5.08. The lowest BCUT2D eigenvalue weighted by Gasteiger charge is -2.54. The first-order valence-corrected chi connectivity index (χ1v) is 8.64. The summed E-state index contributed by atoms with van der Waals surface area (Å²) in [5, 5.41) is 1.32. The average Bonchev–Trinajstić information content (AvgIpc) is 2.46. The summed E-state index contributed by atoms with van der Waals surface area (Å²) in [5.74, 6) is 4.69. The van der Waals surface area contributed by atoms with E-state index in [9.17, 15) is 0 Å². The number of rotatable bonds is 1. The van der Waals surface area contributed by atoms with Crippen LogP contribution in [0.5, 0.6) is 0 Å². The quantitative estimate of drug-likeness (QED) is 0.708. The zero-order chi connectivity index (χ0) is 14.0. The second-order valence-electron chi connectivity index (χ2n) is 7.84. The second-order valence-corrected chi connectivity index (χ2v) is 7.84. The van der Waals surface area contributed by atoms with Crippen molar-refractivity contribution in [3.63, 3.8) is 0 Å². The van der Waals surface area contributed by atoms with Gasteiger partial charge in [-0.15, -0.1) is 0 Å². The van der Waals surface area contributed by atoms with Crippen LogP contribution in [-0.2, 0) is 0 Å². The molecule has 4 saturated carbocycles. The molecule has 0 radical (unpaired) electrons. The molecule has 4 aliphatic carbocycles. The lowest BCUT2D eigenvalue weighted by Crippen LogP contribution is -2.44. The van der Waals surface area contributed by atoms with E-state index in [4.69, 9.17) is 4.98 Å². The van der Waals surface area contributed by atoms with Crippen LogP contribution in [0.4, 0.5) is 0 Å². The number of aryl methyl sites for hydroxylation is 1. The number of aromatic nitrogens is 1. The summed E-state index contributed by atoms with van der Waals surface area (Å²) in [5.41, 5.74) is 4.01. The van der Waals surface area contributed by atoms with Gasteiger partial charge in [0, 0.05) is 17.0 Å². The van der Waals surface area contributed by atoms with Crippen LogP contribution < -0.4 is 0 Å². The van der Waals surface area contributed by atoms with Crippen LogP contribution in [0.15, 0.2) is 30.3 Å². The molecule has 0 unspecified atom stereocenters. The van der Waals surface area contributed by atoms with E-state index in [1.54, 1.807) is 0 Å². The molecular formula is C20H23N. The lowest BCUT2D eigenvalue weighted by atomic mass is 9.51. The summed E-state index contributed by atoms with van der Waals surface area (Å²) in [4.78, 5) is 5.08. The van der Waals surface area contributed by atoms with Crippen molar-refractivity contribution in [2.24, 2.45) is 23.7 Å². The Hall–Kier alpha value is -1.37. The van der Waals surface area contributed by atoms with E-state index in [1.807, 2.05) is 0 Å². The molecule has 1 aromatic heterocycles. The van der Waals surface area contributed by atoms with E-state index in [0.717, 1.165) is 29.6 Å². The maximum absolute atomic E-state index is 5.08. The van der Waals surface area contributed by atoms with Crippen molar-refractivity contribution in [2.45, 2.75) is 44.9 Å². The molecule has 21 heavy (non-hydrogen) atoms. The SMILES string of the molecule is Cc1cc(C2C3CC4CC(C3)CC2C4)nc2ccccc12. The van der Waals surface area contributed by atoms with Gasteiger partial charge >= 0.3 is 0 Å². The van der Waals surface area contributed by atoms with Gasteiger partial charge in [-0.1, -0.05) is 18.2 Å². The van der Waals surface area contributed by atoms with Gasteiger partial charge in [0.05, 0.1) is 5.52 Å². The van der Waals surface area contributed by atoms with Crippen LogP contribution in [0.25, 0.3) is 10.9 Å². The van der Waals surface area contributed by atoms with Gasteiger partial charge in [0.25, 0.3) is 0 Å². The molecule has 1 nitrogen and oxygen atoms in total. The van der Waals surface area contributed by atoms with E-state index in [2.05, 4.69) is 37.3 Å². The number of hydrogen-bond acceptors (Lipinski definition) is 1. The smallest absolute Gasteiger partial charge is 0.0708 e. The highest BCUT2D eigenvalue weighted by Gasteiger charge is 2.49. The molecule has 1 heteroatoms. The summed E-state index contributed by atoms with van der Waals surface area (Å²) >= 11 is 0. The molecule has 108 valence electrons. The minimum absolute atomic E-state index is 0.751. The molecule has 4 bridgehead atoms. The van der Waals surface area contributed by atoms with Crippen LogP contribution in [0.2, 0.25) is 0 Å². The highest BCUT2D eigenvalue weighted by atomic mass is 14.7. The summed E-state index contributed by atoms with van der Waals surface area (Å²) in [6.45, 7) is 2.25. The predicted molar refractivity (Wildman–Crippen MR) is 86.3 cm³/mol. The van der Waals surface area contributed by atoms with E-state index >= 15 is 0 Å². The summed E-state index contributed by atoms with van der Waals surface area (Å²) in [7, 11) is 0. The minimum Gasteiger partial charge on any atom is -0.253 e. The van der Waals surface area contributed by atoms with E-state index in [1.165, 1.54) is 54.3 Å². The first-order valence-electron chi connectivity index (χ1n) is 8.64. The van der Waals surface area contributed by atoms with E-state index in [0.29, 0.717) is 0 Å². The molecule has 0 N–H and O–H groups in total. The number of para-hydroxylation sites is 1. The second kappa shape index (κ2) is 4.32. The highest BCUT2D eigenvalue weighted by Crippen LogP contribution is 2.59. The Morgan fingerprint density at radius 1 is 0.905 bits per heavy atom. The summed E-state index contributed by atoms with van der Waals surface area (Å²) in [6, 6.07) is 11.0. The molecule has 4 fully saturated rings. The summed E-state index contributed by atoms with van der Waals surface area (Å²) < 4.78 is 0.